The Morgan fingerprint density at radius 3 is 2.50 bits per heavy atom. The zero-order valence-corrected chi connectivity index (χ0v) is 13.2. The van der Waals surface area contributed by atoms with Crippen LogP contribution in [0.4, 0.5) is 18.9 Å². The Labute approximate surface area is 145 Å². The highest BCUT2D eigenvalue weighted by atomic mass is 19.4. The van der Waals surface area contributed by atoms with Crippen LogP contribution < -0.4 is 20.1 Å². The molecule has 2 N–H and O–H groups in total. The third-order valence-electron chi connectivity index (χ3n) is 3.58. The molecule has 0 radical (unpaired) electrons. The van der Waals surface area contributed by atoms with Gasteiger partial charge in [-0.15, -0.1) is 0 Å². The van der Waals surface area contributed by atoms with Gasteiger partial charge in [-0.25, -0.2) is 0 Å². The molecule has 1 aliphatic rings. The molecule has 0 bridgehead atoms. The topological polar surface area (TPSA) is 76.7 Å². The summed E-state index contributed by atoms with van der Waals surface area (Å²) in [5.74, 6) is -1.16. The van der Waals surface area contributed by atoms with Gasteiger partial charge in [0.2, 0.25) is 6.79 Å². The first kappa shape index (κ1) is 17.6. The molecule has 1 heterocycles. The zero-order chi connectivity index (χ0) is 18.7. The van der Waals surface area contributed by atoms with Crippen molar-refractivity contribution in [1.29, 1.82) is 0 Å². The van der Waals surface area contributed by atoms with Crippen LogP contribution >= 0.6 is 0 Å². The molecule has 0 fully saturated rings. The van der Waals surface area contributed by atoms with E-state index in [0.717, 1.165) is 12.1 Å². The largest absolute Gasteiger partial charge is 0.454 e. The molecule has 3 rings (SSSR count). The number of benzene rings is 2. The number of hydrogen-bond acceptors (Lipinski definition) is 4. The van der Waals surface area contributed by atoms with Crippen molar-refractivity contribution >= 4 is 17.5 Å². The number of anilines is 1. The van der Waals surface area contributed by atoms with Gasteiger partial charge >= 0.3 is 18.0 Å². The van der Waals surface area contributed by atoms with E-state index in [-0.39, 0.29) is 13.3 Å². The highest BCUT2D eigenvalue weighted by Crippen LogP contribution is 2.34. The van der Waals surface area contributed by atoms with Crippen LogP contribution in [0, 0.1) is 0 Å². The molecule has 0 aliphatic carbocycles. The summed E-state index contributed by atoms with van der Waals surface area (Å²) in [7, 11) is 0. The summed E-state index contributed by atoms with van der Waals surface area (Å²) in [5.41, 5.74) is -0.869. The maximum atomic E-state index is 12.9. The Bertz CT molecular complexity index is 852. The van der Waals surface area contributed by atoms with E-state index in [0.29, 0.717) is 17.1 Å². The fourth-order valence-electron chi connectivity index (χ4n) is 2.33. The van der Waals surface area contributed by atoms with Crippen LogP contribution in [0.5, 0.6) is 11.5 Å². The number of halogens is 3. The van der Waals surface area contributed by atoms with Crippen LogP contribution in [-0.4, -0.2) is 18.6 Å². The zero-order valence-electron chi connectivity index (χ0n) is 13.2. The maximum Gasteiger partial charge on any atom is 0.418 e. The molecule has 136 valence electrons. The van der Waals surface area contributed by atoms with Gasteiger partial charge in [-0.2, -0.15) is 13.2 Å². The Morgan fingerprint density at radius 1 is 1.00 bits per heavy atom. The second kappa shape index (κ2) is 6.95. The predicted molar refractivity (Wildman–Crippen MR) is 84.5 cm³/mol. The van der Waals surface area contributed by atoms with Gasteiger partial charge in [0.05, 0.1) is 11.3 Å². The van der Waals surface area contributed by atoms with Crippen LogP contribution in [0.3, 0.4) is 0 Å². The number of nitrogens with one attached hydrogen (secondary N) is 2. The van der Waals surface area contributed by atoms with E-state index in [4.69, 9.17) is 9.47 Å². The molecule has 2 aromatic carbocycles. The van der Waals surface area contributed by atoms with Crippen LogP contribution in [0.15, 0.2) is 42.5 Å². The minimum Gasteiger partial charge on any atom is -0.454 e. The van der Waals surface area contributed by atoms with E-state index in [1.807, 2.05) is 5.32 Å². The lowest BCUT2D eigenvalue weighted by molar-refractivity contribution is -0.138. The van der Waals surface area contributed by atoms with Crippen LogP contribution in [0.1, 0.15) is 11.1 Å². The SMILES string of the molecule is O=C(NCc1ccc2c(c1)OCO2)C(=O)Nc1ccccc1C(F)(F)F. The number of rotatable bonds is 3. The van der Waals surface area contributed by atoms with Gasteiger partial charge < -0.3 is 20.1 Å². The summed E-state index contributed by atoms with van der Waals surface area (Å²) < 4.78 is 49.1. The number of alkyl halides is 3. The summed E-state index contributed by atoms with van der Waals surface area (Å²) in [6, 6.07) is 9.38. The monoisotopic (exact) mass is 366 g/mol. The second-order valence-electron chi connectivity index (χ2n) is 5.37. The van der Waals surface area contributed by atoms with Crippen LogP contribution in [0.25, 0.3) is 0 Å². The lowest BCUT2D eigenvalue weighted by Gasteiger charge is -2.13. The summed E-state index contributed by atoms with van der Waals surface area (Å²) in [6.07, 6.45) is -4.65. The van der Waals surface area contributed by atoms with Gasteiger partial charge in [0.15, 0.2) is 11.5 Å². The molecule has 26 heavy (non-hydrogen) atoms. The van der Waals surface area contributed by atoms with Crippen molar-refractivity contribution in [2.24, 2.45) is 0 Å². The van der Waals surface area contributed by atoms with Crippen molar-refractivity contribution in [2.75, 3.05) is 12.1 Å². The number of carbonyl (C=O) groups excluding carboxylic acids is 2. The first-order valence-corrected chi connectivity index (χ1v) is 7.48. The van der Waals surface area contributed by atoms with Crippen molar-refractivity contribution in [2.45, 2.75) is 12.7 Å². The van der Waals surface area contributed by atoms with Crippen molar-refractivity contribution in [1.82, 2.24) is 5.32 Å². The molecule has 2 aromatic rings. The fraction of sp³-hybridized carbons (Fsp3) is 0.176. The van der Waals surface area contributed by atoms with E-state index in [2.05, 4.69) is 5.32 Å². The van der Waals surface area contributed by atoms with E-state index in [1.54, 1.807) is 18.2 Å². The van der Waals surface area contributed by atoms with E-state index < -0.39 is 29.2 Å². The Balaban J connectivity index is 1.61. The lowest BCUT2D eigenvalue weighted by atomic mass is 10.1. The molecule has 0 unspecified atom stereocenters. The molecule has 0 aromatic heterocycles. The summed E-state index contributed by atoms with van der Waals surface area (Å²) in [6.45, 7) is 0.107. The Hall–Kier alpha value is -3.23. The Kier molecular flexibility index (Phi) is 4.70. The van der Waals surface area contributed by atoms with Crippen LogP contribution in [0.2, 0.25) is 0 Å². The first-order chi connectivity index (χ1) is 12.3. The van der Waals surface area contributed by atoms with Crippen molar-refractivity contribution in [3.8, 4) is 11.5 Å². The molecule has 1 aliphatic heterocycles. The van der Waals surface area contributed by atoms with Crippen molar-refractivity contribution in [3.63, 3.8) is 0 Å². The highest BCUT2D eigenvalue weighted by Gasteiger charge is 2.34. The minimum absolute atomic E-state index is 0.00378. The van der Waals surface area contributed by atoms with Crippen molar-refractivity contribution in [3.05, 3.63) is 53.6 Å². The number of fused-ring (bicyclic) bond motifs is 1. The van der Waals surface area contributed by atoms with E-state index in [9.17, 15) is 22.8 Å². The van der Waals surface area contributed by atoms with Gasteiger partial charge in [-0.3, -0.25) is 9.59 Å². The molecular formula is C17H13F3N2O4. The summed E-state index contributed by atoms with van der Waals surface area (Å²) in [5, 5.41) is 4.32. The van der Waals surface area contributed by atoms with Gasteiger partial charge in [0, 0.05) is 6.54 Å². The average Bonchev–Trinajstić information content (AvgIpc) is 3.06. The lowest BCUT2D eigenvalue weighted by Crippen LogP contribution is -2.35. The molecule has 9 heteroatoms. The maximum absolute atomic E-state index is 12.9. The minimum atomic E-state index is -4.65. The smallest absolute Gasteiger partial charge is 0.418 e. The standard InChI is InChI=1S/C17H13F3N2O4/c18-17(19,20)11-3-1-2-4-12(11)22-16(24)15(23)21-8-10-5-6-13-14(7-10)26-9-25-13/h1-7H,8-9H2,(H,21,23)(H,22,24). The Morgan fingerprint density at radius 2 is 1.73 bits per heavy atom. The molecule has 0 spiro atoms. The molecular weight excluding hydrogens is 353 g/mol. The van der Waals surface area contributed by atoms with Gasteiger partial charge in [-0.05, 0) is 29.8 Å². The molecule has 0 saturated heterocycles. The van der Waals surface area contributed by atoms with Crippen molar-refractivity contribution < 1.29 is 32.2 Å². The summed E-state index contributed by atoms with van der Waals surface area (Å²) in [4.78, 5) is 23.7. The quantitative estimate of drug-likeness (QED) is 0.819. The molecule has 2 amide bonds. The third-order valence-corrected chi connectivity index (χ3v) is 3.58. The van der Waals surface area contributed by atoms with Gasteiger partial charge in [0.25, 0.3) is 0 Å². The van der Waals surface area contributed by atoms with Gasteiger partial charge in [0.1, 0.15) is 0 Å². The van der Waals surface area contributed by atoms with Gasteiger partial charge in [-0.1, -0.05) is 18.2 Å². The second-order valence-corrected chi connectivity index (χ2v) is 5.37. The number of ether oxygens (including phenoxy) is 2. The average molecular weight is 366 g/mol. The normalized spacial score (nSPS) is 12.6. The van der Waals surface area contributed by atoms with Crippen LogP contribution in [-0.2, 0) is 22.3 Å². The molecule has 0 saturated carbocycles. The molecule has 6 nitrogen and oxygen atoms in total. The number of carbonyl (C=O) groups is 2. The molecule has 0 atom stereocenters. The predicted octanol–water partition coefficient (Wildman–Crippen LogP) is 2.69. The number of para-hydroxylation sites is 1. The number of amides is 2. The summed E-state index contributed by atoms with van der Waals surface area (Å²) >= 11 is 0. The third kappa shape index (κ3) is 3.88. The van der Waals surface area contributed by atoms with E-state index >= 15 is 0 Å². The number of hydrogen-bond donors (Lipinski definition) is 2. The first-order valence-electron chi connectivity index (χ1n) is 7.48. The fourth-order valence-corrected chi connectivity index (χ4v) is 2.33. The van der Waals surface area contributed by atoms with E-state index in [1.165, 1.54) is 12.1 Å². The highest BCUT2D eigenvalue weighted by molar-refractivity contribution is 6.39.